The summed E-state index contributed by atoms with van der Waals surface area (Å²) in [6, 6.07) is 10.6. The molecule has 0 spiro atoms. The van der Waals surface area contributed by atoms with Gasteiger partial charge in [-0.1, -0.05) is 42.5 Å². The van der Waals surface area contributed by atoms with Crippen LogP contribution >= 0.6 is 11.8 Å². The highest BCUT2D eigenvalue weighted by Crippen LogP contribution is 2.50. The number of carbonyl (C=O) groups is 5. The summed E-state index contributed by atoms with van der Waals surface area (Å²) in [7, 11) is 2.36. The average molecular weight is 860 g/mol. The van der Waals surface area contributed by atoms with Gasteiger partial charge < -0.3 is 43.7 Å². The third-order valence-corrected chi connectivity index (χ3v) is 12.0. The maximum absolute atomic E-state index is 14.5. The monoisotopic (exact) mass is 859 g/mol. The van der Waals surface area contributed by atoms with Crippen molar-refractivity contribution in [2.24, 2.45) is 0 Å². The van der Waals surface area contributed by atoms with Gasteiger partial charge in [0.15, 0.2) is 22.7 Å². The molecule has 4 unspecified atom stereocenters. The molecule has 0 saturated carbocycles. The zero-order valence-corrected chi connectivity index (χ0v) is 33.6. The number of rotatable bonds is 13. The summed E-state index contributed by atoms with van der Waals surface area (Å²) in [5.74, 6) is -6.33. The molecule has 7 rings (SSSR count). The number of hydrogen-bond donors (Lipinski definition) is 3. The molecular formula is C40H37N5O15S. The minimum atomic E-state index is -1.73. The predicted octanol–water partition coefficient (Wildman–Crippen LogP) is 1.89. The van der Waals surface area contributed by atoms with Gasteiger partial charge in [-0.25, -0.2) is 28.3 Å². The Morgan fingerprint density at radius 2 is 1.48 bits per heavy atom. The number of aromatic nitrogens is 2. The first kappa shape index (κ1) is 42.0. The first-order valence-electron chi connectivity index (χ1n) is 18.6. The molecule has 4 heterocycles. The number of thioether (sulfide) groups is 1. The topological polar surface area (TPSA) is 265 Å². The number of methoxy groups -OCH3 is 2. The van der Waals surface area contributed by atoms with Crippen molar-refractivity contribution in [2.75, 3.05) is 14.2 Å². The molecule has 2 saturated heterocycles. The molecule has 0 bridgehead atoms. The summed E-state index contributed by atoms with van der Waals surface area (Å²) in [5, 5.41) is 14.1. The molecule has 5 aromatic rings. The Bertz CT molecular complexity index is 2850. The van der Waals surface area contributed by atoms with Crippen molar-refractivity contribution in [1.82, 2.24) is 24.7 Å². The van der Waals surface area contributed by atoms with Crippen molar-refractivity contribution in [1.29, 1.82) is 0 Å². The highest BCUT2D eigenvalue weighted by molar-refractivity contribution is 8.01. The second kappa shape index (κ2) is 16.5. The summed E-state index contributed by atoms with van der Waals surface area (Å²) in [6.07, 6.45) is -1.75. The van der Waals surface area contributed by atoms with Crippen LogP contribution < -0.4 is 42.7 Å². The van der Waals surface area contributed by atoms with Crippen molar-refractivity contribution >= 4 is 63.5 Å². The molecule has 2 fully saturated rings. The molecule has 3 aromatic carbocycles. The third kappa shape index (κ3) is 7.62. The number of nitrogens with zero attached hydrogens (tertiary/aromatic N) is 3. The normalized spacial score (nSPS) is 18.7. The van der Waals surface area contributed by atoms with Gasteiger partial charge in [-0.05, 0) is 56.5 Å². The lowest BCUT2D eigenvalue weighted by molar-refractivity contribution is -0.161. The highest BCUT2D eigenvalue weighted by Gasteiger charge is 2.64. The van der Waals surface area contributed by atoms with Crippen molar-refractivity contribution in [3.63, 3.8) is 0 Å². The maximum Gasteiger partial charge on any atom is 0.513 e. The fourth-order valence-corrected chi connectivity index (χ4v) is 9.14. The molecule has 2 aromatic heterocycles. The van der Waals surface area contributed by atoms with Crippen LogP contribution in [-0.4, -0.2) is 85.4 Å². The number of carbonyl (C=O) groups excluding carboxylic acids is 4. The second-order valence-corrected chi connectivity index (χ2v) is 16.3. The van der Waals surface area contributed by atoms with Crippen molar-refractivity contribution in [3.8, 4) is 11.5 Å². The molecule has 61 heavy (non-hydrogen) atoms. The number of β-lactam (4-membered cyclic amide) rings is 1. The van der Waals surface area contributed by atoms with E-state index in [1.54, 1.807) is 32.0 Å². The van der Waals surface area contributed by atoms with Gasteiger partial charge in [0, 0.05) is 11.3 Å². The van der Waals surface area contributed by atoms with E-state index in [9.17, 15) is 48.3 Å². The van der Waals surface area contributed by atoms with Crippen molar-refractivity contribution in [3.05, 3.63) is 114 Å². The van der Waals surface area contributed by atoms with E-state index in [0.29, 0.717) is 9.13 Å². The number of carboxylic acid groups (broad SMARTS) is 1. The molecule has 3 N–H and O–H groups in total. The molecule has 20 nitrogen and oxygen atoms in total. The van der Waals surface area contributed by atoms with Crippen LogP contribution in [0.4, 0.5) is 4.79 Å². The average Bonchev–Trinajstić information content (AvgIpc) is 3.49. The Labute approximate surface area is 347 Å². The largest absolute Gasteiger partial charge is 0.513 e. The van der Waals surface area contributed by atoms with E-state index < -0.39 is 99.7 Å². The number of hydrogen-bond acceptors (Lipinski definition) is 15. The number of ether oxygens (including phenoxy) is 3. The third-order valence-electron chi connectivity index (χ3n) is 10.4. The van der Waals surface area contributed by atoms with Crippen molar-refractivity contribution < 1.29 is 52.1 Å². The number of fused-ring (bicyclic) bond motifs is 3. The van der Waals surface area contributed by atoms with Gasteiger partial charge >= 0.3 is 23.6 Å². The molecular weight excluding hydrogens is 823 g/mol. The lowest BCUT2D eigenvalue weighted by Gasteiger charge is -2.44. The van der Waals surface area contributed by atoms with E-state index in [4.69, 9.17) is 18.3 Å². The van der Waals surface area contributed by atoms with E-state index in [1.807, 2.05) is 0 Å². The molecule has 2 aliphatic heterocycles. The quantitative estimate of drug-likeness (QED) is 0.0867. The number of nitrogens with one attached hydrogen (secondary N) is 2. The highest BCUT2D eigenvalue weighted by atomic mass is 32.2. The molecule has 2 aliphatic rings. The van der Waals surface area contributed by atoms with Crippen LogP contribution in [0.25, 0.3) is 21.9 Å². The maximum atomic E-state index is 14.5. The first-order valence-corrected chi connectivity index (χ1v) is 19.5. The Balaban J connectivity index is 1.22. The minimum Gasteiger partial charge on any atom is -0.493 e. The lowest BCUT2D eigenvalue weighted by atomic mass is 9.95. The predicted molar refractivity (Wildman–Crippen MR) is 214 cm³/mol. The van der Waals surface area contributed by atoms with Gasteiger partial charge in [0.1, 0.15) is 29.5 Å². The van der Waals surface area contributed by atoms with Crippen LogP contribution in [0.5, 0.6) is 11.5 Å². The van der Waals surface area contributed by atoms with Gasteiger partial charge in [-0.2, -0.15) is 0 Å². The molecule has 318 valence electrons. The van der Waals surface area contributed by atoms with Gasteiger partial charge in [0.2, 0.25) is 17.7 Å². The molecule has 5 atom stereocenters. The molecule has 0 radical (unpaired) electrons. The number of benzene rings is 3. The SMILES string of the molecule is COC(=O)Oc1cccc2c(=O)n(CCC[C@@H](C(=O)NC(C(=O)NC3C(=O)N4C3SC(C)(C)C4C(=O)O)c3ccccc3)n3c(=O)oc4c(OC)cccc4c3=O)c(=O)oc12. The van der Waals surface area contributed by atoms with Crippen molar-refractivity contribution in [2.45, 2.75) is 67.5 Å². The summed E-state index contributed by atoms with van der Waals surface area (Å²) in [5.41, 5.74) is -2.08. The number of carboxylic acids is 1. The van der Waals surface area contributed by atoms with E-state index in [-0.39, 0.29) is 45.4 Å². The summed E-state index contributed by atoms with van der Waals surface area (Å²) >= 11 is 1.20. The van der Waals surface area contributed by atoms with E-state index in [2.05, 4.69) is 15.4 Å². The van der Waals surface area contributed by atoms with Gasteiger partial charge in [0.05, 0.1) is 25.0 Å². The number of aliphatic carboxylic acids is 1. The van der Waals surface area contributed by atoms with E-state index in [0.717, 1.165) is 7.11 Å². The van der Waals surface area contributed by atoms with Gasteiger partial charge in [0.25, 0.3) is 11.1 Å². The standard InChI is InChI=1S/C40H37N5O15S/c1-40(2)29(36(51)52)45-34(50)26(35(45)61-40)42-31(47)25(19-11-6-5-7-12-19)41-30(46)22(44-33(49)21-14-8-16-23(56-3)27(21)60-38(44)54)15-10-18-43-32(48)20-13-9-17-24(58-39(55)57-4)28(20)59-37(43)53/h5-9,11-14,16-17,22,25-26,29,35H,10,15,18H2,1-4H3,(H,41,46)(H,42,47)(H,51,52)/t22-,25?,26?,29?,35?/m0/s1. The Morgan fingerprint density at radius 1 is 0.836 bits per heavy atom. The molecule has 21 heteroatoms. The first-order chi connectivity index (χ1) is 29.1. The molecule has 3 amide bonds. The Hall–Kier alpha value is -7.16. The fourth-order valence-electron chi connectivity index (χ4n) is 7.52. The van der Waals surface area contributed by atoms with Crippen LogP contribution in [0.1, 0.15) is 44.3 Å². The number of para-hydroxylation sites is 2. The Morgan fingerprint density at radius 3 is 2.13 bits per heavy atom. The molecule has 0 aliphatic carbocycles. The minimum absolute atomic E-state index is 0.0609. The summed E-state index contributed by atoms with van der Waals surface area (Å²) in [6.45, 7) is 2.95. The number of amides is 3. The van der Waals surface area contributed by atoms with Crippen LogP contribution in [0.2, 0.25) is 0 Å². The smallest absolute Gasteiger partial charge is 0.493 e. The van der Waals surface area contributed by atoms with Crippen LogP contribution in [0, 0.1) is 0 Å². The van der Waals surface area contributed by atoms with Crippen LogP contribution in [-0.2, 0) is 30.5 Å². The zero-order valence-electron chi connectivity index (χ0n) is 32.8. The van der Waals surface area contributed by atoms with Gasteiger partial charge in [-0.3, -0.25) is 24.0 Å². The van der Waals surface area contributed by atoms with E-state index >= 15 is 0 Å². The Kier molecular flexibility index (Phi) is 11.3. The summed E-state index contributed by atoms with van der Waals surface area (Å²) in [4.78, 5) is 121. The lowest BCUT2D eigenvalue weighted by Crippen LogP contribution is -2.71. The van der Waals surface area contributed by atoms with Crippen LogP contribution in [0.3, 0.4) is 0 Å². The van der Waals surface area contributed by atoms with Crippen LogP contribution in [0.15, 0.2) is 94.7 Å². The fraction of sp³-hybridized carbons (Fsp3) is 0.325. The second-order valence-electron chi connectivity index (χ2n) is 14.5. The summed E-state index contributed by atoms with van der Waals surface area (Å²) < 4.78 is 26.0. The zero-order chi connectivity index (χ0) is 43.9. The van der Waals surface area contributed by atoms with E-state index in [1.165, 1.54) is 72.3 Å². The van der Waals surface area contributed by atoms with Gasteiger partial charge in [-0.15, -0.1) is 11.8 Å².